The van der Waals surface area contributed by atoms with Crippen LogP contribution in [-0.2, 0) is 15.7 Å². The Morgan fingerprint density at radius 2 is 1.77 bits per heavy atom. The molecule has 1 amide bonds. The average Bonchev–Trinajstić information content (AvgIpc) is 2.72. The number of rotatable bonds is 7. The molecule has 0 aliphatic rings. The van der Waals surface area contributed by atoms with Crippen LogP contribution < -0.4 is 10.1 Å². The molecule has 0 radical (unpaired) electrons. The number of ether oxygens (including phenoxy) is 2. The second-order valence-corrected chi connectivity index (χ2v) is 6.92. The molecule has 1 heterocycles. The molecule has 2 N–H and O–H groups in total. The van der Waals surface area contributed by atoms with E-state index in [-0.39, 0.29) is 17.0 Å². The van der Waals surface area contributed by atoms with Gasteiger partial charge in [-0.05, 0) is 25.5 Å². The highest BCUT2D eigenvalue weighted by molar-refractivity contribution is 5.97. The minimum absolute atomic E-state index is 0.00232. The van der Waals surface area contributed by atoms with Crippen molar-refractivity contribution in [3.8, 4) is 11.5 Å². The van der Waals surface area contributed by atoms with Crippen LogP contribution in [-0.4, -0.2) is 41.2 Å². The zero-order valence-corrected chi connectivity index (χ0v) is 17.4. The number of amides is 1. The maximum absolute atomic E-state index is 13.3. The van der Waals surface area contributed by atoms with Gasteiger partial charge in [-0.25, -0.2) is 9.78 Å². The first kappa shape index (κ1) is 24.0. The summed E-state index contributed by atoms with van der Waals surface area (Å²) < 4.78 is 50.0. The number of alkyl halides is 3. The molecule has 31 heavy (non-hydrogen) atoms. The van der Waals surface area contributed by atoms with Gasteiger partial charge in [0.15, 0.2) is 17.2 Å². The molecule has 0 aliphatic heterocycles. The number of aromatic nitrogens is 1. The zero-order chi connectivity index (χ0) is 23.3. The van der Waals surface area contributed by atoms with Crippen LogP contribution in [0.5, 0.6) is 11.5 Å². The molecule has 0 unspecified atom stereocenters. The number of hydrogen-bond acceptors (Lipinski definition) is 6. The van der Waals surface area contributed by atoms with Crippen LogP contribution in [0.3, 0.4) is 0 Å². The second kappa shape index (κ2) is 9.67. The summed E-state index contributed by atoms with van der Waals surface area (Å²) in [6.07, 6.45) is -4.20. The van der Waals surface area contributed by atoms with Gasteiger partial charge >= 0.3 is 12.1 Å². The van der Waals surface area contributed by atoms with E-state index in [1.807, 2.05) is 0 Å². The third-order valence-electron chi connectivity index (χ3n) is 4.79. The second-order valence-electron chi connectivity index (χ2n) is 6.92. The first-order valence-corrected chi connectivity index (χ1v) is 9.36. The molecule has 0 aliphatic carbocycles. The first-order chi connectivity index (χ1) is 14.5. The quantitative estimate of drug-likeness (QED) is 0.638. The number of nitrogens with one attached hydrogen (secondary N) is 1. The summed E-state index contributed by atoms with van der Waals surface area (Å²) >= 11 is 0. The van der Waals surface area contributed by atoms with Crippen LogP contribution in [0.25, 0.3) is 0 Å². The number of benzene rings is 1. The van der Waals surface area contributed by atoms with Gasteiger partial charge in [0.05, 0.1) is 12.7 Å². The molecule has 10 heteroatoms. The van der Waals surface area contributed by atoms with Crippen molar-refractivity contribution in [1.82, 2.24) is 10.3 Å². The van der Waals surface area contributed by atoms with E-state index in [0.717, 1.165) is 6.07 Å². The molecule has 0 saturated heterocycles. The van der Waals surface area contributed by atoms with E-state index in [2.05, 4.69) is 10.3 Å². The van der Waals surface area contributed by atoms with Crippen LogP contribution in [0.2, 0.25) is 0 Å². The van der Waals surface area contributed by atoms with Crippen LogP contribution in [0.15, 0.2) is 36.5 Å². The number of pyridine rings is 1. The van der Waals surface area contributed by atoms with Crippen molar-refractivity contribution < 1.29 is 37.3 Å². The number of carbonyl (C=O) groups is 2. The summed E-state index contributed by atoms with van der Waals surface area (Å²) in [5.74, 6) is -2.91. The first-order valence-electron chi connectivity index (χ1n) is 9.36. The molecule has 0 saturated carbocycles. The van der Waals surface area contributed by atoms with Gasteiger partial charge in [0, 0.05) is 18.2 Å². The van der Waals surface area contributed by atoms with Crippen LogP contribution in [0.4, 0.5) is 13.2 Å². The minimum atomic E-state index is -4.54. The summed E-state index contributed by atoms with van der Waals surface area (Å²) in [6.45, 7) is 4.34. The molecule has 0 fully saturated rings. The molecule has 3 atom stereocenters. The molecule has 0 spiro atoms. The van der Waals surface area contributed by atoms with Crippen molar-refractivity contribution in [3.63, 3.8) is 0 Å². The van der Waals surface area contributed by atoms with Gasteiger partial charge in [0.2, 0.25) is 0 Å². The van der Waals surface area contributed by atoms with Crippen molar-refractivity contribution in [2.24, 2.45) is 0 Å². The van der Waals surface area contributed by atoms with E-state index in [1.165, 1.54) is 58.3 Å². The topological polar surface area (TPSA) is 97.8 Å². The summed E-state index contributed by atoms with van der Waals surface area (Å²) in [6, 6.07) is 5.27. The Labute approximate surface area is 177 Å². The highest BCUT2D eigenvalue weighted by Gasteiger charge is 2.36. The van der Waals surface area contributed by atoms with Gasteiger partial charge in [0.25, 0.3) is 5.91 Å². The number of halogens is 3. The normalized spacial score (nSPS) is 14.3. The van der Waals surface area contributed by atoms with E-state index in [9.17, 15) is 27.9 Å². The number of carbonyl (C=O) groups excluding carboxylic acids is 2. The van der Waals surface area contributed by atoms with Crippen molar-refractivity contribution in [1.29, 1.82) is 0 Å². The Bertz CT molecular complexity index is 949. The molecule has 1 aromatic carbocycles. The van der Waals surface area contributed by atoms with Gasteiger partial charge < -0.3 is 19.9 Å². The Morgan fingerprint density at radius 3 is 2.39 bits per heavy atom. The minimum Gasteiger partial charge on any atom is -0.503 e. The van der Waals surface area contributed by atoms with E-state index in [1.54, 1.807) is 0 Å². The van der Waals surface area contributed by atoms with E-state index in [0.29, 0.717) is 0 Å². The summed E-state index contributed by atoms with van der Waals surface area (Å²) in [7, 11) is 1.30. The fourth-order valence-electron chi connectivity index (χ4n) is 2.88. The monoisotopic (exact) mass is 440 g/mol. The molecule has 168 valence electrons. The third-order valence-corrected chi connectivity index (χ3v) is 4.79. The lowest BCUT2D eigenvalue weighted by molar-refractivity contribution is -0.151. The van der Waals surface area contributed by atoms with Crippen molar-refractivity contribution in [2.45, 2.75) is 45.0 Å². The maximum Gasteiger partial charge on any atom is 0.416 e. The smallest absolute Gasteiger partial charge is 0.416 e. The number of aromatic hydroxyl groups is 1. The van der Waals surface area contributed by atoms with E-state index >= 15 is 0 Å². The van der Waals surface area contributed by atoms with E-state index in [4.69, 9.17) is 9.47 Å². The molecular weight excluding hydrogens is 417 g/mol. The fraction of sp³-hybridized carbons (Fsp3) is 0.381. The number of hydrogen-bond donors (Lipinski definition) is 2. The van der Waals surface area contributed by atoms with Gasteiger partial charge in [-0.15, -0.1) is 0 Å². The fourth-order valence-corrected chi connectivity index (χ4v) is 2.88. The van der Waals surface area contributed by atoms with Gasteiger partial charge in [0.1, 0.15) is 12.1 Å². The largest absolute Gasteiger partial charge is 0.503 e. The number of nitrogens with zero attached hydrogens (tertiary/aromatic N) is 1. The number of methoxy groups -OCH3 is 1. The average molecular weight is 440 g/mol. The van der Waals surface area contributed by atoms with Crippen molar-refractivity contribution in [3.05, 3.63) is 53.3 Å². The highest BCUT2D eigenvalue weighted by atomic mass is 19.4. The molecule has 7 nitrogen and oxygen atoms in total. The van der Waals surface area contributed by atoms with Gasteiger partial charge in [-0.3, -0.25) is 4.79 Å². The summed E-state index contributed by atoms with van der Waals surface area (Å²) in [5.41, 5.74) is -1.15. The highest BCUT2D eigenvalue weighted by Crippen LogP contribution is 2.36. The standard InChI is InChI=1S/C21H23F3N2O5/c1-11(14-7-5-6-8-15(14)21(22,23)24)13(3)31-20(29)12(2)26-19(28)17-18(27)16(30-4)9-10-25-17/h5-13,27H,1-4H3,(H,26,28)/t11-,12+,13+/m1/s1. The summed E-state index contributed by atoms with van der Waals surface area (Å²) in [5, 5.41) is 12.3. The molecular formula is C21H23F3N2O5. The predicted molar refractivity (Wildman–Crippen MR) is 105 cm³/mol. The lowest BCUT2D eigenvalue weighted by atomic mass is 9.91. The lowest BCUT2D eigenvalue weighted by Gasteiger charge is -2.25. The Morgan fingerprint density at radius 1 is 1.13 bits per heavy atom. The Kier molecular flexibility index (Phi) is 7.48. The van der Waals surface area contributed by atoms with Crippen molar-refractivity contribution in [2.75, 3.05) is 7.11 Å². The predicted octanol–water partition coefficient (Wildman–Crippen LogP) is 3.67. The van der Waals surface area contributed by atoms with Crippen molar-refractivity contribution >= 4 is 11.9 Å². The number of esters is 1. The van der Waals surface area contributed by atoms with Crippen LogP contribution in [0, 0.1) is 0 Å². The SMILES string of the molecule is COc1ccnc(C(=O)N[C@@H](C)C(=O)O[C@@H](C)[C@@H](C)c2ccccc2C(F)(F)F)c1O. The van der Waals surface area contributed by atoms with Gasteiger partial charge in [-0.2, -0.15) is 13.2 Å². The molecule has 2 rings (SSSR count). The van der Waals surface area contributed by atoms with Gasteiger partial charge in [-0.1, -0.05) is 25.1 Å². The van der Waals surface area contributed by atoms with Crippen LogP contribution in [0.1, 0.15) is 48.3 Å². The van der Waals surface area contributed by atoms with Crippen LogP contribution >= 0.6 is 0 Å². The Hall–Kier alpha value is -3.30. The summed E-state index contributed by atoms with van der Waals surface area (Å²) in [4.78, 5) is 28.5. The maximum atomic E-state index is 13.3. The molecule has 1 aromatic heterocycles. The molecule has 2 aromatic rings. The van der Waals surface area contributed by atoms with E-state index < -0.39 is 47.4 Å². The Balaban J connectivity index is 2.07. The third kappa shape index (κ3) is 5.65. The lowest BCUT2D eigenvalue weighted by Crippen LogP contribution is -2.41. The molecule has 0 bridgehead atoms. The zero-order valence-electron chi connectivity index (χ0n) is 17.4.